The Morgan fingerprint density at radius 2 is 1.70 bits per heavy atom. The van der Waals surface area contributed by atoms with Gasteiger partial charge < -0.3 is 0 Å². The predicted octanol–water partition coefficient (Wildman–Crippen LogP) is 4.84. The van der Waals surface area contributed by atoms with E-state index < -0.39 is 0 Å². The van der Waals surface area contributed by atoms with Crippen molar-refractivity contribution in [1.82, 2.24) is 4.98 Å². The van der Waals surface area contributed by atoms with Crippen molar-refractivity contribution >= 4 is 0 Å². The molecule has 1 aliphatic rings. The van der Waals surface area contributed by atoms with E-state index >= 15 is 0 Å². The van der Waals surface area contributed by atoms with E-state index in [9.17, 15) is 0 Å². The van der Waals surface area contributed by atoms with Gasteiger partial charge in [0.05, 0.1) is 0 Å². The lowest BCUT2D eigenvalue weighted by molar-refractivity contribution is 0.583. The molecule has 1 heterocycles. The number of aromatic nitrogens is 1. The van der Waals surface area contributed by atoms with Gasteiger partial charge in [-0.15, -0.1) is 0 Å². The van der Waals surface area contributed by atoms with Crippen LogP contribution < -0.4 is 0 Å². The highest BCUT2D eigenvalue weighted by atomic mass is 14.7. The summed E-state index contributed by atoms with van der Waals surface area (Å²) in [7, 11) is 0. The third-order valence-corrected chi connectivity index (χ3v) is 4.22. The summed E-state index contributed by atoms with van der Waals surface area (Å²) in [6.45, 7) is 9.14. The van der Waals surface area contributed by atoms with E-state index in [2.05, 4.69) is 58.0 Å². The van der Waals surface area contributed by atoms with Gasteiger partial charge in [0.1, 0.15) is 0 Å². The number of nitrogens with zero attached hydrogens (tertiary/aromatic N) is 1. The Bertz CT molecular complexity index is 633. The first-order chi connectivity index (χ1) is 9.48. The second kappa shape index (κ2) is 4.73. The molecule has 1 aromatic heterocycles. The highest BCUT2D eigenvalue weighted by molar-refractivity contribution is 5.73. The van der Waals surface area contributed by atoms with Crippen molar-refractivity contribution in [2.24, 2.45) is 0 Å². The first-order valence-electron chi connectivity index (χ1n) is 7.57. The van der Waals surface area contributed by atoms with Crippen LogP contribution >= 0.6 is 0 Å². The molecule has 1 aromatic carbocycles. The van der Waals surface area contributed by atoms with Crippen molar-refractivity contribution in [3.63, 3.8) is 0 Å². The van der Waals surface area contributed by atoms with Crippen LogP contribution in [-0.4, -0.2) is 4.98 Å². The molecule has 1 aliphatic carbocycles. The summed E-state index contributed by atoms with van der Waals surface area (Å²) in [5, 5.41) is 0. The average molecular weight is 265 g/mol. The molecule has 0 unspecified atom stereocenters. The van der Waals surface area contributed by atoms with Crippen molar-refractivity contribution in [3.05, 3.63) is 52.8 Å². The van der Waals surface area contributed by atoms with E-state index in [-0.39, 0.29) is 5.41 Å². The number of benzene rings is 1. The molecular formula is C19H23N. The molecule has 0 fully saturated rings. The largest absolute Gasteiger partial charge is 0.257 e. The second-order valence-corrected chi connectivity index (χ2v) is 6.84. The van der Waals surface area contributed by atoms with Crippen molar-refractivity contribution in [2.45, 2.75) is 52.4 Å². The molecule has 1 nitrogen and oxygen atoms in total. The summed E-state index contributed by atoms with van der Waals surface area (Å²) >= 11 is 0. The minimum atomic E-state index is 0.160. The number of rotatable bonds is 1. The molecule has 0 radical (unpaired) electrons. The Morgan fingerprint density at radius 1 is 1.00 bits per heavy atom. The predicted molar refractivity (Wildman–Crippen MR) is 85.1 cm³/mol. The summed E-state index contributed by atoms with van der Waals surface area (Å²) in [6.07, 6.45) is 3.59. The standard InChI is InChI=1S/C19H23N/c1-13-17(14-9-6-5-7-10-14)18(19(2,3)4)15-11-8-12-16(15)20-13/h5-7,9-10H,8,11-12H2,1-4H3. The summed E-state index contributed by atoms with van der Waals surface area (Å²) in [6, 6.07) is 10.7. The fourth-order valence-corrected chi connectivity index (χ4v) is 3.50. The minimum absolute atomic E-state index is 0.160. The summed E-state index contributed by atoms with van der Waals surface area (Å²) < 4.78 is 0. The van der Waals surface area contributed by atoms with Gasteiger partial charge in [-0.05, 0) is 48.3 Å². The molecule has 0 spiro atoms. The van der Waals surface area contributed by atoms with E-state index in [1.165, 1.54) is 46.5 Å². The number of hydrogen-bond donors (Lipinski definition) is 0. The Morgan fingerprint density at radius 3 is 2.35 bits per heavy atom. The van der Waals surface area contributed by atoms with Crippen LogP contribution in [0.15, 0.2) is 30.3 Å². The number of hydrogen-bond acceptors (Lipinski definition) is 1. The monoisotopic (exact) mass is 265 g/mol. The molecule has 2 aromatic rings. The zero-order valence-electron chi connectivity index (χ0n) is 13.0. The smallest absolute Gasteiger partial charge is 0.0457 e. The van der Waals surface area contributed by atoms with Crippen molar-refractivity contribution in [1.29, 1.82) is 0 Å². The van der Waals surface area contributed by atoms with Gasteiger partial charge in [0.25, 0.3) is 0 Å². The molecule has 0 N–H and O–H groups in total. The Balaban J connectivity index is 2.34. The lowest BCUT2D eigenvalue weighted by Crippen LogP contribution is -2.18. The van der Waals surface area contributed by atoms with Crippen molar-refractivity contribution in [3.8, 4) is 11.1 Å². The number of pyridine rings is 1. The molecule has 0 atom stereocenters. The Hall–Kier alpha value is -1.63. The van der Waals surface area contributed by atoms with Crippen LogP contribution in [0.1, 0.15) is 49.7 Å². The summed E-state index contributed by atoms with van der Waals surface area (Å²) in [5.74, 6) is 0. The van der Waals surface area contributed by atoms with Gasteiger partial charge in [-0.3, -0.25) is 4.98 Å². The molecule has 3 rings (SSSR count). The zero-order valence-corrected chi connectivity index (χ0v) is 13.0. The highest BCUT2D eigenvalue weighted by Crippen LogP contribution is 2.40. The zero-order chi connectivity index (χ0) is 14.3. The number of aryl methyl sites for hydroxylation is 2. The molecule has 0 bridgehead atoms. The number of fused-ring (bicyclic) bond motifs is 1. The molecule has 20 heavy (non-hydrogen) atoms. The maximum Gasteiger partial charge on any atom is 0.0457 e. The van der Waals surface area contributed by atoms with E-state index in [1.54, 1.807) is 0 Å². The molecule has 1 heteroatoms. The lowest BCUT2D eigenvalue weighted by atomic mass is 9.78. The fraction of sp³-hybridized carbons (Fsp3) is 0.421. The highest BCUT2D eigenvalue weighted by Gasteiger charge is 2.29. The fourth-order valence-electron chi connectivity index (χ4n) is 3.50. The Kier molecular flexibility index (Phi) is 3.16. The first kappa shape index (κ1) is 13.4. The molecular weight excluding hydrogens is 242 g/mol. The van der Waals surface area contributed by atoms with Crippen LogP contribution in [0.5, 0.6) is 0 Å². The van der Waals surface area contributed by atoms with Crippen LogP contribution in [0, 0.1) is 6.92 Å². The molecule has 0 amide bonds. The maximum absolute atomic E-state index is 4.90. The van der Waals surface area contributed by atoms with Gasteiger partial charge in [0.2, 0.25) is 0 Å². The van der Waals surface area contributed by atoms with Gasteiger partial charge in [0.15, 0.2) is 0 Å². The summed E-state index contributed by atoms with van der Waals surface area (Å²) in [4.78, 5) is 4.90. The Labute approximate surface area is 122 Å². The normalized spacial score (nSPS) is 14.4. The van der Waals surface area contributed by atoms with Crippen molar-refractivity contribution < 1.29 is 0 Å². The SMILES string of the molecule is Cc1nc2c(c(C(C)(C)C)c1-c1ccccc1)CCC2. The van der Waals surface area contributed by atoms with Gasteiger partial charge in [-0.2, -0.15) is 0 Å². The van der Waals surface area contributed by atoms with Crippen molar-refractivity contribution in [2.75, 3.05) is 0 Å². The second-order valence-electron chi connectivity index (χ2n) is 6.84. The van der Waals surface area contributed by atoms with Gasteiger partial charge in [-0.25, -0.2) is 0 Å². The minimum Gasteiger partial charge on any atom is -0.257 e. The average Bonchev–Trinajstić information content (AvgIpc) is 2.84. The third-order valence-electron chi connectivity index (χ3n) is 4.22. The van der Waals surface area contributed by atoms with Gasteiger partial charge in [-0.1, -0.05) is 51.1 Å². The van der Waals surface area contributed by atoms with Crippen LogP contribution in [0.4, 0.5) is 0 Å². The quantitative estimate of drug-likeness (QED) is 0.718. The molecule has 0 saturated heterocycles. The third kappa shape index (κ3) is 2.15. The van der Waals surface area contributed by atoms with E-state index in [0.717, 1.165) is 6.42 Å². The molecule has 0 aliphatic heterocycles. The first-order valence-corrected chi connectivity index (χ1v) is 7.57. The van der Waals surface area contributed by atoms with E-state index in [4.69, 9.17) is 4.98 Å². The molecule has 0 saturated carbocycles. The van der Waals surface area contributed by atoms with E-state index in [1.807, 2.05) is 0 Å². The topological polar surface area (TPSA) is 12.9 Å². The van der Waals surface area contributed by atoms with Crippen LogP contribution in [-0.2, 0) is 18.3 Å². The maximum atomic E-state index is 4.90. The van der Waals surface area contributed by atoms with Crippen LogP contribution in [0.25, 0.3) is 11.1 Å². The van der Waals surface area contributed by atoms with Crippen LogP contribution in [0.3, 0.4) is 0 Å². The van der Waals surface area contributed by atoms with Gasteiger partial charge in [0, 0.05) is 17.0 Å². The summed E-state index contributed by atoms with van der Waals surface area (Å²) in [5.41, 5.74) is 8.38. The van der Waals surface area contributed by atoms with Crippen LogP contribution in [0.2, 0.25) is 0 Å². The lowest BCUT2D eigenvalue weighted by Gasteiger charge is -2.27. The molecule has 104 valence electrons. The van der Waals surface area contributed by atoms with Gasteiger partial charge >= 0.3 is 0 Å². The van der Waals surface area contributed by atoms with E-state index in [0.29, 0.717) is 0 Å².